The number of nitrogens with one attached hydrogen (secondary N) is 1. The summed E-state index contributed by atoms with van der Waals surface area (Å²) < 4.78 is 19.8. The highest BCUT2D eigenvalue weighted by Gasteiger charge is 2.28. The number of amides is 1. The van der Waals surface area contributed by atoms with Gasteiger partial charge >= 0.3 is 0 Å². The predicted molar refractivity (Wildman–Crippen MR) is 100 cm³/mol. The van der Waals surface area contributed by atoms with Crippen molar-refractivity contribution in [2.45, 2.75) is 18.9 Å². The zero-order chi connectivity index (χ0) is 18.8. The molecule has 5 heteroatoms. The largest absolute Gasteiger partial charge is 0.508 e. The average Bonchev–Trinajstić information content (AvgIpc) is 2.66. The predicted octanol–water partition coefficient (Wildman–Crippen LogP) is 4.58. The van der Waals surface area contributed by atoms with Crippen LogP contribution >= 0.6 is 0 Å². The van der Waals surface area contributed by atoms with Crippen LogP contribution in [0, 0.1) is 5.82 Å². The molecule has 1 amide bonds. The van der Waals surface area contributed by atoms with Crippen molar-refractivity contribution in [3.63, 3.8) is 0 Å². The molecule has 0 aliphatic carbocycles. The third-order valence-corrected chi connectivity index (χ3v) is 4.71. The molecule has 0 radical (unpaired) electrons. The van der Waals surface area contributed by atoms with Gasteiger partial charge in [0.2, 0.25) is 5.91 Å². The van der Waals surface area contributed by atoms with E-state index in [-0.39, 0.29) is 36.4 Å². The zero-order valence-corrected chi connectivity index (χ0v) is 14.5. The van der Waals surface area contributed by atoms with Gasteiger partial charge in [0.25, 0.3) is 0 Å². The average molecular weight is 363 g/mol. The summed E-state index contributed by atoms with van der Waals surface area (Å²) in [6, 6.07) is 18.9. The lowest BCUT2D eigenvalue weighted by Crippen LogP contribution is -2.23. The van der Waals surface area contributed by atoms with Gasteiger partial charge in [-0.2, -0.15) is 0 Å². The minimum Gasteiger partial charge on any atom is -0.508 e. The van der Waals surface area contributed by atoms with Crippen LogP contribution in [0.4, 0.5) is 10.1 Å². The molecule has 4 rings (SSSR count). The van der Waals surface area contributed by atoms with Crippen molar-refractivity contribution in [1.82, 2.24) is 0 Å². The van der Waals surface area contributed by atoms with Crippen molar-refractivity contribution in [2.75, 3.05) is 5.32 Å². The highest BCUT2D eigenvalue weighted by molar-refractivity contribution is 5.95. The maximum absolute atomic E-state index is 13.9. The Bertz CT molecular complexity index is 1000. The van der Waals surface area contributed by atoms with Gasteiger partial charge in [-0.25, -0.2) is 4.39 Å². The monoisotopic (exact) mass is 363 g/mol. The number of hydrogen-bond donors (Lipinski definition) is 2. The van der Waals surface area contributed by atoms with Crippen LogP contribution in [-0.4, -0.2) is 11.0 Å². The summed E-state index contributed by atoms with van der Waals surface area (Å²) in [6.07, 6.45) is 0.276. The molecule has 27 heavy (non-hydrogen) atoms. The Morgan fingerprint density at radius 2 is 1.81 bits per heavy atom. The Morgan fingerprint density at radius 3 is 2.67 bits per heavy atom. The molecule has 0 fully saturated rings. The van der Waals surface area contributed by atoms with Crippen molar-refractivity contribution in [1.29, 1.82) is 0 Å². The van der Waals surface area contributed by atoms with Gasteiger partial charge in [-0.1, -0.05) is 42.5 Å². The molecule has 0 saturated carbocycles. The Morgan fingerprint density at radius 1 is 1.04 bits per heavy atom. The first-order valence-corrected chi connectivity index (χ1v) is 8.69. The lowest BCUT2D eigenvalue weighted by Gasteiger charge is -2.27. The number of halogens is 1. The zero-order valence-electron chi connectivity index (χ0n) is 14.5. The number of phenols is 1. The summed E-state index contributed by atoms with van der Waals surface area (Å²) in [5.74, 6) is 0.0688. The first-order chi connectivity index (χ1) is 13.1. The Hall–Kier alpha value is -3.34. The number of ether oxygens (including phenoxy) is 1. The first kappa shape index (κ1) is 17.1. The topological polar surface area (TPSA) is 58.6 Å². The molecule has 1 heterocycles. The van der Waals surface area contributed by atoms with E-state index in [0.717, 1.165) is 11.1 Å². The van der Waals surface area contributed by atoms with Gasteiger partial charge in [0.15, 0.2) is 0 Å². The van der Waals surface area contributed by atoms with Crippen LogP contribution in [0.25, 0.3) is 0 Å². The van der Waals surface area contributed by atoms with E-state index >= 15 is 0 Å². The third-order valence-electron chi connectivity index (χ3n) is 4.71. The number of carbonyl (C=O) groups is 1. The smallest absolute Gasteiger partial charge is 0.225 e. The molecular weight excluding hydrogens is 345 g/mol. The number of anilines is 1. The van der Waals surface area contributed by atoms with Gasteiger partial charge in [-0.15, -0.1) is 0 Å². The molecule has 136 valence electrons. The lowest BCUT2D eigenvalue weighted by atomic mass is 9.84. The number of phenolic OH excluding ortho intramolecular Hbond substituents is 1. The molecule has 3 aromatic rings. The second-order valence-electron chi connectivity index (χ2n) is 6.49. The minimum atomic E-state index is -0.312. The highest BCUT2D eigenvalue weighted by atomic mass is 19.1. The van der Waals surface area contributed by atoms with E-state index < -0.39 is 0 Å². The summed E-state index contributed by atoms with van der Waals surface area (Å²) in [7, 11) is 0. The maximum Gasteiger partial charge on any atom is 0.225 e. The molecule has 0 spiro atoms. The second-order valence-corrected chi connectivity index (χ2v) is 6.49. The summed E-state index contributed by atoms with van der Waals surface area (Å²) >= 11 is 0. The Labute approximate surface area is 156 Å². The molecule has 0 unspecified atom stereocenters. The van der Waals surface area contributed by atoms with Crippen LogP contribution in [0.2, 0.25) is 0 Å². The van der Waals surface area contributed by atoms with Gasteiger partial charge in [0, 0.05) is 35.2 Å². The van der Waals surface area contributed by atoms with Crippen LogP contribution in [0.15, 0.2) is 66.7 Å². The summed E-state index contributed by atoms with van der Waals surface area (Å²) in [5.41, 5.74) is 2.84. The highest BCUT2D eigenvalue weighted by Crippen LogP contribution is 2.41. The SMILES string of the molecule is O=C1C[C@@H](c2ccccc2OCc2ccccc2F)c2ccc(O)cc2N1. The minimum absolute atomic E-state index is 0.0961. The van der Waals surface area contributed by atoms with Crippen LogP contribution in [0.3, 0.4) is 0 Å². The van der Waals surface area contributed by atoms with Gasteiger partial charge < -0.3 is 15.2 Å². The molecule has 0 aromatic heterocycles. The second kappa shape index (κ2) is 7.11. The summed E-state index contributed by atoms with van der Waals surface area (Å²) in [4.78, 5) is 12.2. The van der Waals surface area contributed by atoms with Crippen molar-refractivity contribution in [3.05, 3.63) is 89.2 Å². The van der Waals surface area contributed by atoms with Gasteiger partial charge in [-0.05, 0) is 23.8 Å². The van der Waals surface area contributed by atoms with Crippen LogP contribution in [-0.2, 0) is 11.4 Å². The van der Waals surface area contributed by atoms with Gasteiger partial charge in [0.1, 0.15) is 23.9 Å². The molecule has 3 aromatic carbocycles. The number of rotatable bonds is 4. The maximum atomic E-state index is 13.9. The fourth-order valence-corrected chi connectivity index (χ4v) is 3.40. The molecule has 0 saturated heterocycles. The van der Waals surface area contributed by atoms with E-state index in [1.54, 1.807) is 30.3 Å². The van der Waals surface area contributed by atoms with E-state index in [2.05, 4.69) is 5.32 Å². The van der Waals surface area contributed by atoms with E-state index in [0.29, 0.717) is 17.0 Å². The number of carbonyl (C=O) groups excluding carboxylic acids is 1. The number of aromatic hydroxyl groups is 1. The quantitative estimate of drug-likeness (QED) is 0.713. The molecule has 1 aliphatic rings. The van der Waals surface area contributed by atoms with Gasteiger partial charge in [-0.3, -0.25) is 4.79 Å². The number of para-hydroxylation sites is 1. The fraction of sp³-hybridized carbons (Fsp3) is 0.136. The van der Waals surface area contributed by atoms with E-state index in [9.17, 15) is 14.3 Å². The standard InChI is InChI=1S/C22H18FNO3/c23-19-7-3-1-5-14(19)13-27-21-8-4-2-6-17(21)18-12-22(26)24-20-11-15(25)9-10-16(18)20/h1-11,18,25H,12-13H2,(H,24,26)/t18-/m1/s1. The summed E-state index contributed by atoms with van der Waals surface area (Å²) in [5, 5.41) is 12.5. The van der Waals surface area contributed by atoms with E-state index in [4.69, 9.17) is 4.74 Å². The normalized spacial score (nSPS) is 15.7. The number of fused-ring (bicyclic) bond motifs is 1. The molecule has 4 nitrogen and oxygen atoms in total. The lowest BCUT2D eigenvalue weighted by molar-refractivity contribution is -0.116. The first-order valence-electron chi connectivity index (χ1n) is 8.69. The molecule has 1 aliphatic heterocycles. The van der Waals surface area contributed by atoms with Crippen LogP contribution < -0.4 is 10.1 Å². The fourth-order valence-electron chi connectivity index (χ4n) is 3.40. The van der Waals surface area contributed by atoms with E-state index in [1.807, 2.05) is 30.3 Å². The van der Waals surface area contributed by atoms with Crippen LogP contribution in [0.5, 0.6) is 11.5 Å². The van der Waals surface area contributed by atoms with Crippen molar-refractivity contribution >= 4 is 11.6 Å². The Kier molecular flexibility index (Phi) is 4.50. The molecular formula is C22H18FNO3. The van der Waals surface area contributed by atoms with Gasteiger partial charge in [0.05, 0.1) is 0 Å². The van der Waals surface area contributed by atoms with Crippen molar-refractivity contribution < 1.29 is 19.0 Å². The van der Waals surface area contributed by atoms with Crippen molar-refractivity contribution in [2.24, 2.45) is 0 Å². The number of hydrogen-bond acceptors (Lipinski definition) is 3. The molecule has 1 atom stereocenters. The number of benzene rings is 3. The van der Waals surface area contributed by atoms with E-state index in [1.165, 1.54) is 6.07 Å². The van der Waals surface area contributed by atoms with Crippen molar-refractivity contribution in [3.8, 4) is 11.5 Å². The molecule has 2 N–H and O–H groups in total. The Balaban J connectivity index is 1.67. The van der Waals surface area contributed by atoms with Crippen LogP contribution in [0.1, 0.15) is 29.0 Å². The third kappa shape index (κ3) is 3.49. The molecule has 0 bridgehead atoms. The summed E-state index contributed by atoms with van der Waals surface area (Å²) in [6.45, 7) is 0.102.